The Morgan fingerprint density at radius 3 is 2.77 bits per heavy atom. The van der Waals surface area contributed by atoms with Gasteiger partial charge in [0, 0.05) is 25.5 Å². The molecule has 1 aliphatic rings. The summed E-state index contributed by atoms with van der Waals surface area (Å²) in [6, 6.07) is 1.79. The second kappa shape index (κ2) is 7.08. The number of hydrogen-bond donors (Lipinski definition) is 0. The van der Waals surface area contributed by atoms with E-state index >= 15 is 0 Å². The lowest BCUT2D eigenvalue weighted by Crippen LogP contribution is -2.35. The molecule has 1 fully saturated rings. The molecule has 8 nitrogen and oxygen atoms in total. The molecule has 5 rings (SSSR count). The minimum Gasteiger partial charge on any atom is -0.449 e. The van der Waals surface area contributed by atoms with Crippen molar-refractivity contribution in [2.75, 3.05) is 18.0 Å². The molecule has 0 bridgehead atoms. The van der Waals surface area contributed by atoms with Crippen LogP contribution in [0.3, 0.4) is 0 Å². The zero-order valence-corrected chi connectivity index (χ0v) is 15.6. The molecule has 4 aromatic heterocycles. The topological polar surface area (TPSA) is 85.2 Å². The molecule has 11 heteroatoms. The summed E-state index contributed by atoms with van der Waals surface area (Å²) >= 11 is 0. The quantitative estimate of drug-likeness (QED) is 0.506. The van der Waals surface area contributed by atoms with Crippen LogP contribution in [0.4, 0.5) is 19.0 Å². The third-order valence-corrected chi connectivity index (χ3v) is 5.10. The lowest BCUT2D eigenvalue weighted by Gasteiger charge is -2.32. The number of fused-ring (bicyclic) bond motifs is 1. The average Bonchev–Trinajstić information content (AvgIpc) is 3.43. The molecule has 1 atom stereocenters. The number of alkyl halides is 3. The maximum atomic E-state index is 13.1. The van der Waals surface area contributed by atoms with Crippen LogP contribution in [-0.2, 0) is 6.18 Å². The molecular weight excluding hydrogens is 399 g/mol. The zero-order chi connectivity index (χ0) is 20.7. The lowest BCUT2D eigenvalue weighted by atomic mass is 9.98. The minimum atomic E-state index is -4.55. The number of piperidine rings is 1. The highest BCUT2D eigenvalue weighted by Crippen LogP contribution is 2.30. The molecule has 0 aromatic carbocycles. The van der Waals surface area contributed by atoms with Gasteiger partial charge in [0.1, 0.15) is 17.8 Å². The van der Waals surface area contributed by atoms with Crippen LogP contribution in [0.1, 0.15) is 30.3 Å². The number of aromatic nitrogens is 6. The van der Waals surface area contributed by atoms with Crippen molar-refractivity contribution in [3.63, 3.8) is 0 Å². The molecule has 4 aromatic rings. The molecule has 0 radical (unpaired) electrons. The molecule has 1 saturated heterocycles. The SMILES string of the molecule is FC(F)(F)c1cn2c(-c3nccc(N4CCCC(c5ncco5)C4)n3)cnc2cn1. The summed E-state index contributed by atoms with van der Waals surface area (Å²) in [5, 5.41) is 0. The Hall–Kier alpha value is -3.50. The van der Waals surface area contributed by atoms with Crippen LogP contribution in [0.15, 0.2) is 47.7 Å². The molecule has 1 unspecified atom stereocenters. The van der Waals surface area contributed by atoms with Crippen molar-refractivity contribution in [1.82, 2.24) is 29.3 Å². The number of rotatable bonds is 3. The van der Waals surface area contributed by atoms with Crippen LogP contribution >= 0.6 is 0 Å². The highest BCUT2D eigenvalue weighted by molar-refractivity contribution is 5.58. The molecule has 5 heterocycles. The molecule has 1 aliphatic heterocycles. The maximum absolute atomic E-state index is 13.1. The van der Waals surface area contributed by atoms with Crippen molar-refractivity contribution >= 4 is 11.5 Å². The summed E-state index contributed by atoms with van der Waals surface area (Å²) in [6.07, 6.45) is 5.59. The van der Waals surface area contributed by atoms with Crippen molar-refractivity contribution in [2.45, 2.75) is 24.9 Å². The van der Waals surface area contributed by atoms with Gasteiger partial charge in [0.25, 0.3) is 0 Å². The van der Waals surface area contributed by atoms with Crippen LogP contribution in [0.5, 0.6) is 0 Å². The van der Waals surface area contributed by atoms with Crippen LogP contribution < -0.4 is 4.90 Å². The first-order valence-corrected chi connectivity index (χ1v) is 9.37. The fourth-order valence-corrected chi connectivity index (χ4v) is 3.67. The number of hydrogen-bond acceptors (Lipinski definition) is 7. The minimum absolute atomic E-state index is 0.156. The van der Waals surface area contributed by atoms with Gasteiger partial charge in [-0.05, 0) is 18.9 Å². The second-order valence-corrected chi connectivity index (χ2v) is 7.04. The lowest BCUT2D eigenvalue weighted by molar-refractivity contribution is -0.141. The monoisotopic (exact) mass is 415 g/mol. The first-order valence-electron chi connectivity index (χ1n) is 9.37. The van der Waals surface area contributed by atoms with E-state index in [4.69, 9.17) is 4.42 Å². The van der Waals surface area contributed by atoms with E-state index in [2.05, 4.69) is 29.8 Å². The van der Waals surface area contributed by atoms with Crippen molar-refractivity contribution in [3.8, 4) is 11.5 Å². The fraction of sp³-hybridized carbons (Fsp3) is 0.316. The van der Waals surface area contributed by atoms with Crippen molar-refractivity contribution in [1.29, 1.82) is 0 Å². The van der Waals surface area contributed by atoms with Crippen LogP contribution in [0.2, 0.25) is 0 Å². The molecule has 154 valence electrons. The number of halogens is 3. The van der Waals surface area contributed by atoms with E-state index in [1.807, 2.05) is 0 Å². The predicted octanol–water partition coefficient (Wildman–Crippen LogP) is 3.58. The molecule has 30 heavy (non-hydrogen) atoms. The Balaban J connectivity index is 1.48. The molecule has 0 spiro atoms. The largest absolute Gasteiger partial charge is 0.449 e. The smallest absolute Gasteiger partial charge is 0.434 e. The number of nitrogens with zero attached hydrogens (tertiary/aromatic N) is 7. The van der Waals surface area contributed by atoms with Gasteiger partial charge in [-0.15, -0.1) is 0 Å². The average molecular weight is 415 g/mol. The van der Waals surface area contributed by atoms with E-state index in [-0.39, 0.29) is 17.4 Å². The van der Waals surface area contributed by atoms with Crippen LogP contribution in [0.25, 0.3) is 17.2 Å². The van der Waals surface area contributed by atoms with Gasteiger partial charge >= 0.3 is 6.18 Å². The van der Waals surface area contributed by atoms with Gasteiger partial charge in [0.2, 0.25) is 0 Å². The molecule has 0 N–H and O–H groups in total. The Labute approximate surface area is 168 Å². The van der Waals surface area contributed by atoms with E-state index in [9.17, 15) is 13.2 Å². The molecule has 0 aliphatic carbocycles. The Kier molecular flexibility index (Phi) is 4.37. The van der Waals surface area contributed by atoms with Gasteiger partial charge in [-0.25, -0.2) is 24.9 Å². The number of anilines is 1. The summed E-state index contributed by atoms with van der Waals surface area (Å²) in [7, 11) is 0. The van der Waals surface area contributed by atoms with Crippen LogP contribution in [0, 0.1) is 0 Å². The number of imidazole rings is 1. The third kappa shape index (κ3) is 3.36. The first-order chi connectivity index (χ1) is 14.5. The summed E-state index contributed by atoms with van der Waals surface area (Å²) in [5.41, 5.74) is -0.356. The Bertz CT molecular complexity index is 1170. The van der Waals surface area contributed by atoms with E-state index in [0.717, 1.165) is 31.8 Å². The summed E-state index contributed by atoms with van der Waals surface area (Å²) < 4.78 is 46.0. The van der Waals surface area contributed by atoms with Crippen LogP contribution in [-0.4, -0.2) is 42.4 Å². The Morgan fingerprint density at radius 2 is 1.97 bits per heavy atom. The summed E-state index contributed by atoms with van der Waals surface area (Å²) in [5.74, 6) is 1.83. The van der Waals surface area contributed by atoms with Crippen molar-refractivity contribution < 1.29 is 17.6 Å². The first kappa shape index (κ1) is 18.5. The summed E-state index contributed by atoms with van der Waals surface area (Å²) in [6.45, 7) is 1.50. The van der Waals surface area contributed by atoms with Gasteiger partial charge in [0.05, 0.1) is 24.5 Å². The van der Waals surface area contributed by atoms with E-state index in [1.54, 1.807) is 24.7 Å². The van der Waals surface area contributed by atoms with Crippen molar-refractivity contribution in [2.24, 2.45) is 0 Å². The fourth-order valence-electron chi connectivity index (χ4n) is 3.67. The Morgan fingerprint density at radius 1 is 1.07 bits per heavy atom. The van der Waals surface area contributed by atoms with Gasteiger partial charge < -0.3 is 9.32 Å². The predicted molar refractivity (Wildman–Crippen MR) is 99.7 cm³/mol. The van der Waals surface area contributed by atoms with Gasteiger partial charge in [-0.1, -0.05) is 0 Å². The van der Waals surface area contributed by atoms with Crippen molar-refractivity contribution in [3.05, 3.63) is 54.9 Å². The van der Waals surface area contributed by atoms with Gasteiger partial charge in [-0.3, -0.25) is 4.40 Å². The van der Waals surface area contributed by atoms with E-state index in [0.29, 0.717) is 23.9 Å². The normalized spacial score (nSPS) is 17.6. The maximum Gasteiger partial charge on any atom is 0.434 e. The number of oxazole rings is 1. The van der Waals surface area contributed by atoms with E-state index < -0.39 is 11.9 Å². The summed E-state index contributed by atoms with van der Waals surface area (Å²) in [4.78, 5) is 22.8. The molecule has 0 amide bonds. The second-order valence-electron chi connectivity index (χ2n) is 7.04. The zero-order valence-electron chi connectivity index (χ0n) is 15.6. The standard InChI is InChI=1S/C19H16F3N7O/c20-19(21,22)14-11-29-13(8-26-16(29)9-25-14)17-23-4-3-15(27-17)28-6-1-2-12(10-28)18-24-5-7-30-18/h3-5,7-9,11-12H,1-2,6,10H2. The molecular formula is C19H16F3N7O. The highest BCUT2D eigenvalue weighted by Gasteiger charge is 2.33. The van der Waals surface area contributed by atoms with E-state index in [1.165, 1.54) is 10.6 Å². The van der Waals surface area contributed by atoms with Gasteiger partial charge in [0.15, 0.2) is 23.1 Å². The van der Waals surface area contributed by atoms with Gasteiger partial charge in [-0.2, -0.15) is 13.2 Å². The third-order valence-electron chi connectivity index (χ3n) is 5.10. The highest BCUT2D eigenvalue weighted by atomic mass is 19.4. The molecule has 0 saturated carbocycles.